The van der Waals surface area contributed by atoms with Crippen molar-refractivity contribution in [2.45, 2.75) is 52.1 Å². The summed E-state index contributed by atoms with van der Waals surface area (Å²) >= 11 is 0. The van der Waals surface area contributed by atoms with Gasteiger partial charge in [0, 0.05) is 11.6 Å². The summed E-state index contributed by atoms with van der Waals surface area (Å²) in [5.74, 6) is 1.40. The van der Waals surface area contributed by atoms with Gasteiger partial charge in [-0.05, 0) is 50.3 Å². The van der Waals surface area contributed by atoms with Crippen molar-refractivity contribution in [2.24, 2.45) is 17.6 Å². The lowest BCUT2D eigenvalue weighted by atomic mass is 9.85. The van der Waals surface area contributed by atoms with Crippen LogP contribution in [0.2, 0.25) is 0 Å². The Morgan fingerprint density at radius 1 is 1.24 bits per heavy atom. The Hall–Kier alpha value is -0.930. The second kappa shape index (κ2) is 7.37. The minimum Gasteiger partial charge on any atom is -0.326 e. The van der Waals surface area contributed by atoms with Crippen LogP contribution in [0.4, 0.5) is 4.39 Å². The summed E-state index contributed by atoms with van der Waals surface area (Å²) in [7, 11) is 0. The van der Waals surface area contributed by atoms with Gasteiger partial charge in [0.15, 0.2) is 0 Å². The SMILES string of the molecule is CCC(N)C(c1ccccc1F)N1CCC(C(C)C)CC1. The number of rotatable bonds is 5. The van der Waals surface area contributed by atoms with Crippen LogP contribution in [-0.4, -0.2) is 24.0 Å². The first-order chi connectivity index (χ1) is 10.0. The Kier molecular flexibility index (Phi) is 5.77. The van der Waals surface area contributed by atoms with Gasteiger partial charge < -0.3 is 5.73 Å². The molecule has 2 atom stereocenters. The predicted molar refractivity (Wildman–Crippen MR) is 86.5 cm³/mol. The molecule has 0 radical (unpaired) electrons. The molecule has 118 valence electrons. The van der Waals surface area contributed by atoms with Gasteiger partial charge in [-0.15, -0.1) is 0 Å². The Bertz CT molecular complexity index is 439. The molecule has 1 heterocycles. The third-order valence-electron chi connectivity index (χ3n) is 5.01. The van der Waals surface area contributed by atoms with Gasteiger partial charge in [0.05, 0.1) is 6.04 Å². The van der Waals surface area contributed by atoms with Crippen molar-refractivity contribution >= 4 is 0 Å². The number of hydrogen-bond acceptors (Lipinski definition) is 2. The van der Waals surface area contributed by atoms with Gasteiger partial charge in [-0.25, -0.2) is 4.39 Å². The minimum absolute atomic E-state index is 0.00399. The van der Waals surface area contributed by atoms with Crippen LogP contribution in [0, 0.1) is 17.7 Å². The van der Waals surface area contributed by atoms with Gasteiger partial charge in [0.2, 0.25) is 0 Å². The zero-order valence-corrected chi connectivity index (χ0v) is 13.6. The largest absolute Gasteiger partial charge is 0.326 e. The first-order valence-electron chi connectivity index (χ1n) is 8.28. The van der Waals surface area contributed by atoms with Crippen molar-refractivity contribution in [2.75, 3.05) is 13.1 Å². The summed E-state index contributed by atoms with van der Waals surface area (Å²) in [6.45, 7) is 8.73. The second-order valence-corrected chi connectivity index (χ2v) is 6.66. The van der Waals surface area contributed by atoms with E-state index in [2.05, 4.69) is 25.7 Å². The number of likely N-dealkylation sites (tertiary alicyclic amines) is 1. The van der Waals surface area contributed by atoms with E-state index in [4.69, 9.17) is 5.73 Å². The zero-order chi connectivity index (χ0) is 15.4. The van der Waals surface area contributed by atoms with E-state index < -0.39 is 0 Å². The van der Waals surface area contributed by atoms with E-state index in [9.17, 15) is 4.39 Å². The van der Waals surface area contributed by atoms with Crippen LogP contribution >= 0.6 is 0 Å². The number of nitrogens with zero attached hydrogens (tertiary/aromatic N) is 1. The maximum absolute atomic E-state index is 14.2. The molecule has 0 bridgehead atoms. The molecule has 0 spiro atoms. The third-order valence-corrected chi connectivity index (χ3v) is 5.01. The fourth-order valence-corrected chi connectivity index (χ4v) is 3.50. The van der Waals surface area contributed by atoms with Gasteiger partial charge in [0.25, 0.3) is 0 Å². The molecule has 21 heavy (non-hydrogen) atoms. The highest BCUT2D eigenvalue weighted by Gasteiger charge is 2.31. The first kappa shape index (κ1) is 16.4. The van der Waals surface area contributed by atoms with E-state index in [1.54, 1.807) is 12.1 Å². The molecular weight excluding hydrogens is 263 g/mol. The summed E-state index contributed by atoms with van der Waals surface area (Å²) in [6.07, 6.45) is 3.25. The maximum atomic E-state index is 14.2. The lowest BCUT2D eigenvalue weighted by molar-refractivity contribution is 0.0974. The van der Waals surface area contributed by atoms with Crippen LogP contribution in [0.15, 0.2) is 24.3 Å². The molecule has 1 fully saturated rings. The molecular formula is C18H29FN2. The van der Waals surface area contributed by atoms with E-state index >= 15 is 0 Å². The summed E-state index contributed by atoms with van der Waals surface area (Å²) < 4.78 is 14.2. The van der Waals surface area contributed by atoms with E-state index in [0.29, 0.717) is 0 Å². The minimum atomic E-state index is -0.127. The van der Waals surface area contributed by atoms with E-state index in [1.165, 1.54) is 12.8 Å². The highest BCUT2D eigenvalue weighted by molar-refractivity contribution is 5.23. The van der Waals surface area contributed by atoms with E-state index in [-0.39, 0.29) is 17.9 Å². The predicted octanol–water partition coefficient (Wildman–Crippen LogP) is 3.97. The van der Waals surface area contributed by atoms with Crippen LogP contribution < -0.4 is 5.73 Å². The molecule has 1 aromatic carbocycles. The third kappa shape index (κ3) is 3.83. The van der Waals surface area contributed by atoms with Crippen LogP contribution in [0.3, 0.4) is 0 Å². The van der Waals surface area contributed by atoms with Gasteiger partial charge in [-0.3, -0.25) is 4.90 Å². The number of hydrogen-bond donors (Lipinski definition) is 1. The zero-order valence-electron chi connectivity index (χ0n) is 13.6. The van der Waals surface area contributed by atoms with Crippen LogP contribution in [0.5, 0.6) is 0 Å². The molecule has 0 aromatic heterocycles. The molecule has 0 aliphatic carbocycles. The van der Waals surface area contributed by atoms with E-state index in [1.807, 2.05) is 12.1 Å². The summed E-state index contributed by atoms with van der Waals surface area (Å²) in [5.41, 5.74) is 7.09. The Morgan fingerprint density at radius 3 is 2.38 bits per heavy atom. The average molecular weight is 292 g/mol. The molecule has 2 rings (SSSR count). The number of benzene rings is 1. The first-order valence-corrected chi connectivity index (χ1v) is 8.28. The van der Waals surface area contributed by atoms with E-state index in [0.717, 1.165) is 36.9 Å². The highest BCUT2D eigenvalue weighted by atomic mass is 19.1. The molecule has 2 nitrogen and oxygen atoms in total. The molecule has 1 aromatic rings. The Morgan fingerprint density at radius 2 is 1.86 bits per heavy atom. The Balaban J connectivity index is 2.17. The molecule has 0 saturated carbocycles. The molecule has 0 amide bonds. The second-order valence-electron chi connectivity index (χ2n) is 6.66. The number of halogens is 1. The topological polar surface area (TPSA) is 29.3 Å². The smallest absolute Gasteiger partial charge is 0.128 e. The van der Waals surface area contributed by atoms with Crippen LogP contribution in [0.1, 0.15) is 51.6 Å². The van der Waals surface area contributed by atoms with Crippen molar-refractivity contribution in [1.29, 1.82) is 0 Å². The van der Waals surface area contributed by atoms with Crippen molar-refractivity contribution in [3.63, 3.8) is 0 Å². The standard InChI is InChI=1S/C18H29FN2/c1-4-17(20)18(15-7-5-6-8-16(15)19)21-11-9-14(10-12-21)13(2)3/h5-8,13-14,17-18H,4,9-12,20H2,1-3H3. The number of nitrogens with two attached hydrogens (primary N) is 1. The van der Waals surface area contributed by atoms with Crippen molar-refractivity contribution in [3.05, 3.63) is 35.6 Å². The van der Waals surface area contributed by atoms with Gasteiger partial charge >= 0.3 is 0 Å². The molecule has 1 aliphatic heterocycles. The fourth-order valence-electron chi connectivity index (χ4n) is 3.50. The van der Waals surface area contributed by atoms with Gasteiger partial charge in [-0.2, -0.15) is 0 Å². The number of piperidine rings is 1. The monoisotopic (exact) mass is 292 g/mol. The maximum Gasteiger partial charge on any atom is 0.128 e. The summed E-state index contributed by atoms with van der Waals surface area (Å²) in [4.78, 5) is 2.39. The molecule has 1 aliphatic rings. The molecule has 2 unspecified atom stereocenters. The summed E-state index contributed by atoms with van der Waals surface area (Å²) in [6, 6.07) is 7.09. The average Bonchev–Trinajstić information content (AvgIpc) is 2.49. The molecule has 1 saturated heterocycles. The lowest BCUT2D eigenvalue weighted by Crippen LogP contribution is -2.45. The van der Waals surface area contributed by atoms with Crippen LogP contribution in [0.25, 0.3) is 0 Å². The van der Waals surface area contributed by atoms with Crippen molar-refractivity contribution in [3.8, 4) is 0 Å². The molecule has 2 N–H and O–H groups in total. The fraction of sp³-hybridized carbons (Fsp3) is 0.667. The van der Waals surface area contributed by atoms with Crippen molar-refractivity contribution in [1.82, 2.24) is 4.90 Å². The van der Waals surface area contributed by atoms with Crippen molar-refractivity contribution < 1.29 is 4.39 Å². The quantitative estimate of drug-likeness (QED) is 0.889. The van der Waals surface area contributed by atoms with Crippen LogP contribution in [-0.2, 0) is 0 Å². The lowest BCUT2D eigenvalue weighted by Gasteiger charge is -2.41. The highest BCUT2D eigenvalue weighted by Crippen LogP contribution is 2.33. The van der Waals surface area contributed by atoms with Gasteiger partial charge in [0.1, 0.15) is 5.82 Å². The summed E-state index contributed by atoms with van der Waals surface area (Å²) in [5, 5.41) is 0. The Labute approximate surface area is 128 Å². The normalized spacial score (nSPS) is 20.7. The molecule has 3 heteroatoms. The van der Waals surface area contributed by atoms with Gasteiger partial charge in [-0.1, -0.05) is 39.0 Å².